The van der Waals surface area contributed by atoms with Crippen LogP contribution in [0.1, 0.15) is 133 Å². The topological polar surface area (TPSA) is 52.1 Å². The minimum absolute atomic E-state index is 0.0130. The lowest BCUT2D eigenvalue weighted by Crippen LogP contribution is -2.25. The standard InChI is InChI=1S/C32H47FN2O2/c1-3-5-7-9-10-11-13-15-26-23-34-31(35-24-26)27-18-21-29(30(33)22-27)32(36)37-28-19-16-25(17-20-28)14-12-8-6-4-2/h18,21-25,28H,3-17,19-20H2,1-2H3. The Kier molecular flexibility index (Phi) is 13.1. The van der Waals surface area contributed by atoms with Gasteiger partial charge in [0.05, 0.1) is 5.56 Å². The van der Waals surface area contributed by atoms with Gasteiger partial charge in [-0.3, -0.25) is 0 Å². The Morgan fingerprint density at radius 2 is 1.49 bits per heavy atom. The predicted octanol–water partition coefficient (Wildman–Crippen LogP) is 9.26. The van der Waals surface area contributed by atoms with E-state index >= 15 is 0 Å². The number of carbonyl (C=O) groups is 1. The Morgan fingerprint density at radius 3 is 2.14 bits per heavy atom. The number of esters is 1. The van der Waals surface area contributed by atoms with Gasteiger partial charge in [0.1, 0.15) is 11.9 Å². The molecular formula is C32H47FN2O2. The van der Waals surface area contributed by atoms with Gasteiger partial charge in [0.2, 0.25) is 0 Å². The highest BCUT2D eigenvalue weighted by Gasteiger charge is 2.25. The van der Waals surface area contributed by atoms with E-state index in [4.69, 9.17) is 4.74 Å². The smallest absolute Gasteiger partial charge is 0.341 e. The number of nitrogens with zero attached hydrogens (tertiary/aromatic N) is 2. The molecule has 1 heterocycles. The third-order valence-corrected chi connectivity index (χ3v) is 7.75. The van der Waals surface area contributed by atoms with E-state index in [9.17, 15) is 9.18 Å². The van der Waals surface area contributed by atoms with Crippen LogP contribution in [0.15, 0.2) is 30.6 Å². The van der Waals surface area contributed by atoms with Gasteiger partial charge in [0.15, 0.2) is 5.82 Å². The van der Waals surface area contributed by atoms with Crippen molar-refractivity contribution in [3.63, 3.8) is 0 Å². The Morgan fingerprint density at radius 1 is 0.865 bits per heavy atom. The van der Waals surface area contributed by atoms with Crippen LogP contribution in [-0.2, 0) is 11.2 Å². The fourth-order valence-corrected chi connectivity index (χ4v) is 5.35. The first-order valence-corrected chi connectivity index (χ1v) is 14.9. The molecule has 0 spiro atoms. The second-order valence-corrected chi connectivity index (χ2v) is 10.9. The lowest BCUT2D eigenvalue weighted by atomic mass is 9.84. The maximum Gasteiger partial charge on any atom is 0.341 e. The summed E-state index contributed by atoms with van der Waals surface area (Å²) in [6, 6.07) is 4.55. The van der Waals surface area contributed by atoms with E-state index in [-0.39, 0.29) is 11.7 Å². The van der Waals surface area contributed by atoms with Crippen molar-refractivity contribution in [2.45, 2.75) is 129 Å². The number of halogens is 1. The summed E-state index contributed by atoms with van der Waals surface area (Å²) in [6.45, 7) is 4.47. The van der Waals surface area contributed by atoms with Crippen molar-refractivity contribution in [3.8, 4) is 11.4 Å². The summed E-state index contributed by atoms with van der Waals surface area (Å²) in [7, 11) is 0. The van der Waals surface area contributed by atoms with Crippen molar-refractivity contribution in [1.29, 1.82) is 0 Å². The summed E-state index contributed by atoms with van der Waals surface area (Å²) in [4.78, 5) is 21.5. The van der Waals surface area contributed by atoms with E-state index in [1.54, 1.807) is 6.07 Å². The number of hydrogen-bond donors (Lipinski definition) is 0. The summed E-state index contributed by atoms with van der Waals surface area (Å²) in [5, 5.41) is 0. The predicted molar refractivity (Wildman–Crippen MR) is 149 cm³/mol. The highest BCUT2D eigenvalue weighted by molar-refractivity contribution is 5.90. The van der Waals surface area contributed by atoms with Gasteiger partial charge in [0, 0.05) is 18.0 Å². The molecule has 1 aromatic heterocycles. The Balaban J connectivity index is 1.43. The molecule has 1 aromatic carbocycles. The van der Waals surface area contributed by atoms with Crippen LogP contribution in [0.5, 0.6) is 0 Å². The lowest BCUT2D eigenvalue weighted by molar-refractivity contribution is 0.0156. The van der Waals surface area contributed by atoms with Gasteiger partial charge in [-0.25, -0.2) is 19.2 Å². The van der Waals surface area contributed by atoms with Crippen LogP contribution in [0, 0.1) is 11.7 Å². The summed E-state index contributed by atoms with van der Waals surface area (Å²) in [5.74, 6) is 0.0634. The fraction of sp³-hybridized carbons (Fsp3) is 0.656. The summed E-state index contributed by atoms with van der Waals surface area (Å²) in [6.07, 6.45) is 23.9. The van der Waals surface area contributed by atoms with E-state index in [1.165, 1.54) is 82.8 Å². The number of rotatable bonds is 16. The minimum Gasteiger partial charge on any atom is -0.459 e. The molecule has 4 nitrogen and oxygen atoms in total. The number of ether oxygens (including phenoxy) is 1. The van der Waals surface area contributed by atoms with Gasteiger partial charge in [0.25, 0.3) is 0 Å². The van der Waals surface area contributed by atoms with Crippen LogP contribution < -0.4 is 0 Å². The van der Waals surface area contributed by atoms with Gasteiger partial charge >= 0.3 is 5.97 Å². The molecule has 0 radical (unpaired) electrons. The van der Waals surface area contributed by atoms with Crippen molar-refractivity contribution >= 4 is 5.97 Å². The third kappa shape index (κ3) is 10.2. The van der Waals surface area contributed by atoms with Crippen molar-refractivity contribution in [2.75, 3.05) is 0 Å². The number of hydrogen-bond acceptors (Lipinski definition) is 4. The molecule has 1 aliphatic carbocycles. The van der Waals surface area contributed by atoms with Crippen molar-refractivity contribution in [2.24, 2.45) is 5.92 Å². The summed E-state index contributed by atoms with van der Waals surface area (Å²) in [5.41, 5.74) is 1.66. The molecule has 0 N–H and O–H groups in total. The largest absolute Gasteiger partial charge is 0.459 e. The molecule has 3 rings (SSSR count). The van der Waals surface area contributed by atoms with Crippen LogP contribution in [-0.4, -0.2) is 22.0 Å². The van der Waals surface area contributed by atoms with Crippen LogP contribution in [0.4, 0.5) is 4.39 Å². The Hall–Kier alpha value is -2.30. The molecule has 2 aromatic rings. The van der Waals surface area contributed by atoms with E-state index < -0.39 is 11.8 Å². The van der Waals surface area contributed by atoms with Crippen molar-refractivity contribution < 1.29 is 13.9 Å². The third-order valence-electron chi connectivity index (χ3n) is 7.75. The normalized spacial score (nSPS) is 17.6. The quantitative estimate of drug-likeness (QED) is 0.167. The van der Waals surface area contributed by atoms with Gasteiger partial charge in [-0.2, -0.15) is 0 Å². The summed E-state index contributed by atoms with van der Waals surface area (Å²) >= 11 is 0. The molecule has 0 aliphatic heterocycles. The van der Waals surface area contributed by atoms with Crippen LogP contribution in [0.25, 0.3) is 11.4 Å². The zero-order chi connectivity index (χ0) is 26.3. The van der Waals surface area contributed by atoms with Gasteiger partial charge in [-0.1, -0.05) is 90.5 Å². The molecule has 1 aliphatic rings. The Labute approximate surface area is 223 Å². The average molecular weight is 511 g/mol. The highest BCUT2D eigenvalue weighted by atomic mass is 19.1. The van der Waals surface area contributed by atoms with Gasteiger partial charge < -0.3 is 4.74 Å². The molecule has 37 heavy (non-hydrogen) atoms. The monoisotopic (exact) mass is 510 g/mol. The second kappa shape index (κ2) is 16.5. The number of aromatic nitrogens is 2. The molecule has 0 atom stereocenters. The molecular weight excluding hydrogens is 463 g/mol. The van der Waals surface area contributed by atoms with Crippen LogP contribution >= 0.6 is 0 Å². The maximum atomic E-state index is 14.8. The molecule has 0 saturated heterocycles. The number of carbonyl (C=O) groups excluding carboxylic acids is 1. The second-order valence-electron chi connectivity index (χ2n) is 10.9. The minimum atomic E-state index is -0.581. The molecule has 5 heteroatoms. The number of aryl methyl sites for hydroxylation is 1. The molecule has 1 saturated carbocycles. The molecule has 0 unspecified atom stereocenters. The maximum absolute atomic E-state index is 14.8. The number of benzene rings is 1. The first-order valence-electron chi connectivity index (χ1n) is 14.9. The zero-order valence-corrected chi connectivity index (χ0v) is 23.2. The highest BCUT2D eigenvalue weighted by Crippen LogP contribution is 2.31. The molecule has 0 amide bonds. The van der Waals surface area contributed by atoms with Gasteiger partial charge in [-0.05, 0) is 62.1 Å². The Bertz CT molecular complexity index is 923. The van der Waals surface area contributed by atoms with Crippen LogP contribution in [0.2, 0.25) is 0 Å². The van der Waals surface area contributed by atoms with E-state index in [0.29, 0.717) is 11.4 Å². The van der Waals surface area contributed by atoms with Crippen molar-refractivity contribution in [3.05, 3.63) is 47.5 Å². The fourth-order valence-electron chi connectivity index (χ4n) is 5.35. The summed E-state index contributed by atoms with van der Waals surface area (Å²) < 4.78 is 20.5. The van der Waals surface area contributed by atoms with E-state index in [1.807, 2.05) is 12.4 Å². The zero-order valence-electron chi connectivity index (χ0n) is 23.2. The molecule has 204 valence electrons. The molecule has 1 fully saturated rings. The molecule has 0 bridgehead atoms. The van der Waals surface area contributed by atoms with Gasteiger partial charge in [-0.15, -0.1) is 0 Å². The number of unbranched alkanes of at least 4 members (excludes halogenated alkanes) is 9. The van der Waals surface area contributed by atoms with E-state index in [0.717, 1.165) is 50.0 Å². The SMILES string of the molecule is CCCCCCCCCc1cnc(-c2ccc(C(=O)OC3CCC(CCCCCC)CC3)c(F)c2)nc1. The van der Waals surface area contributed by atoms with Crippen molar-refractivity contribution in [1.82, 2.24) is 9.97 Å². The van der Waals surface area contributed by atoms with E-state index in [2.05, 4.69) is 23.8 Å². The lowest BCUT2D eigenvalue weighted by Gasteiger charge is -2.28. The first-order chi connectivity index (χ1) is 18.1. The van der Waals surface area contributed by atoms with Crippen LogP contribution in [0.3, 0.4) is 0 Å². The average Bonchev–Trinajstić information content (AvgIpc) is 2.92. The first kappa shape index (κ1) is 29.3.